The van der Waals surface area contributed by atoms with Gasteiger partial charge in [0.25, 0.3) is 0 Å². The average Bonchev–Trinajstić information content (AvgIpc) is 3.53. The number of nitrogens with zero attached hydrogens (tertiary/aromatic N) is 4. The fourth-order valence-electron chi connectivity index (χ4n) is 4.44. The maximum absolute atomic E-state index is 10.6. The number of primary amides is 1. The number of carbonyl (C=O) groups is 2. The Morgan fingerprint density at radius 3 is 2.54 bits per heavy atom. The summed E-state index contributed by atoms with van der Waals surface area (Å²) in [5.74, 6) is 0.463. The molecule has 9 nitrogen and oxygen atoms in total. The highest BCUT2D eigenvalue weighted by atomic mass is 16.3. The van der Waals surface area contributed by atoms with Crippen molar-refractivity contribution in [2.24, 2.45) is 5.73 Å². The number of rotatable bonds is 4. The number of aromatic nitrogens is 4. The molecule has 3 heterocycles. The third-order valence-corrected chi connectivity index (χ3v) is 6.27. The van der Waals surface area contributed by atoms with Gasteiger partial charge in [-0.1, -0.05) is 6.07 Å². The van der Waals surface area contributed by atoms with E-state index >= 15 is 0 Å². The van der Waals surface area contributed by atoms with Crippen molar-refractivity contribution in [3.8, 4) is 22.8 Å². The molecule has 0 unspecified atom stereocenters. The topological polar surface area (TPSA) is 150 Å². The Balaban J connectivity index is 0.000000198. The van der Waals surface area contributed by atoms with Crippen molar-refractivity contribution in [1.29, 1.82) is 0 Å². The Kier molecular flexibility index (Phi) is 6.34. The molecule has 0 saturated heterocycles. The van der Waals surface area contributed by atoms with E-state index in [0.717, 1.165) is 34.7 Å². The number of aldehydes is 1. The number of carbonyl (C=O) groups excluding carboxylic acids is 2. The predicted octanol–water partition coefficient (Wildman–Crippen LogP) is 3.86. The number of amides is 1. The first-order valence-corrected chi connectivity index (χ1v) is 11.7. The van der Waals surface area contributed by atoms with E-state index in [4.69, 9.17) is 21.6 Å². The van der Waals surface area contributed by atoms with Crippen molar-refractivity contribution in [2.75, 3.05) is 5.73 Å². The summed E-state index contributed by atoms with van der Waals surface area (Å²) >= 11 is 0. The molecule has 0 spiro atoms. The van der Waals surface area contributed by atoms with Gasteiger partial charge in [-0.25, -0.2) is 15.0 Å². The highest BCUT2D eigenvalue weighted by Crippen LogP contribution is 2.32. The van der Waals surface area contributed by atoms with E-state index in [0.29, 0.717) is 12.1 Å². The third-order valence-electron chi connectivity index (χ3n) is 6.27. The van der Waals surface area contributed by atoms with Gasteiger partial charge in [0.05, 0.1) is 11.1 Å². The van der Waals surface area contributed by atoms with Gasteiger partial charge in [0.2, 0.25) is 5.91 Å². The largest absolute Gasteiger partial charge is 0.507 e. The highest BCUT2D eigenvalue weighted by Gasteiger charge is 2.19. The lowest BCUT2D eigenvalue weighted by Gasteiger charge is -2.11. The van der Waals surface area contributed by atoms with E-state index in [2.05, 4.69) is 32.7 Å². The minimum absolute atomic E-state index is 0.0614. The standard InChI is InChI=1S/C20H17N5.C8H7NO3/c21-18-16(6-2-10-22-18)19-24-17-7-3-11-23-20(17)25(19)15-9-8-13-4-1-5-14(13)12-15;9-8(12)5-1-2-7(11)6(3-5)4-10/h2-3,6-12H,1,4-5H2,(H2,21,22);1-4,11H,(H2,9,12). The summed E-state index contributed by atoms with van der Waals surface area (Å²) in [6.45, 7) is 0. The minimum atomic E-state index is -0.627. The maximum atomic E-state index is 10.6. The molecular weight excluding hydrogens is 468 g/mol. The van der Waals surface area contributed by atoms with E-state index in [1.807, 2.05) is 24.3 Å². The van der Waals surface area contributed by atoms with Gasteiger partial charge >= 0.3 is 0 Å². The molecule has 0 bridgehead atoms. The molecular formula is C28H24N6O3. The van der Waals surface area contributed by atoms with Crippen molar-refractivity contribution >= 4 is 29.2 Å². The molecule has 3 aromatic heterocycles. The molecule has 0 fully saturated rings. The number of phenolic OH excluding ortho intramolecular Hbond substituents is 1. The van der Waals surface area contributed by atoms with Crippen molar-refractivity contribution in [2.45, 2.75) is 19.3 Å². The number of phenols is 1. The first kappa shape index (κ1) is 23.7. The lowest BCUT2D eigenvalue weighted by atomic mass is 10.1. The van der Waals surface area contributed by atoms with E-state index < -0.39 is 5.91 Å². The van der Waals surface area contributed by atoms with Crippen LogP contribution >= 0.6 is 0 Å². The van der Waals surface area contributed by atoms with Gasteiger partial charge in [-0.3, -0.25) is 14.2 Å². The minimum Gasteiger partial charge on any atom is -0.507 e. The molecule has 1 aliphatic rings. The summed E-state index contributed by atoms with van der Waals surface area (Å²) in [5.41, 5.74) is 17.8. The number of pyridine rings is 2. The lowest BCUT2D eigenvalue weighted by Crippen LogP contribution is -2.10. The molecule has 1 amide bonds. The smallest absolute Gasteiger partial charge is 0.248 e. The first-order valence-electron chi connectivity index (χ1n) is 11.7. The van der Waals surface area contributed by atoms with Crippen LogP contribution in [0.3, 0.4) is 0 Å². The van der Waals surface area contributed by atoms with Crippen LogP contribution in [0.25, 0.3) is 28.2 Å². The molecule has 0 saturated carbocycles. The molecule has 0 radical (unpaired) electrons. The van der Waals surface area contributed by atoms with Crippen LogP contribution in [0.4, 0.5) is 5.82 Å². The van der Waals surface area contributed by atoms with Crippen LogP contribution in [0.5, 0.6) is 5.75 Å². The molecule has 9 heteroatoms. The van der Waals surface area contributed by atoms with Crippen molar-refractivity contribution in [1.82, 2.24) is 19.5 Å². The normalized spacial score (nSPS) is 12.0. The van der Waals surface area contributed by atoms with Gasteiger partial charge in [0.1, 0.15) is 17.1 Å². The van der Waals surface area contributed by atoms with Crippen LogP contribution < -0.4 is 11.5 Å². The molecule has 0 aliphatic heterocycles. The number of imidazole rings is 1. The van der Waals surface area contributed by atoms with Gasteiger partial charge in [0, 0.05) is 23.6 Å². The van der Waals surface area contributed by atoms with Crippen LogP contribution in [0, 0.1) is 0 Å². The second kappa shape index (κ2) is 9.90. The van der Waals surface area contributed by atoms with Gasteiger partial charge in [-0.15, -0.1) is 0 Å². The number of nitrogen functional groups attached to an aromatic ring is 1. The maximum Gasteiger partial charge on any atom is 0.248 e. The molecule has 184 valence electrons. The number of anilines is 1. The lowest BCUT2D eigenvalue weighted by molar-refractivity contribution is 0.1000. The SMILES string of the molecule is NC(=O)c1ccc(O)c(C=O)c1.Nc1ncccc1-c1nc2cccnc2n1-c1ccc2c(c1)CCC2. The molecule has 6 rings (SSSR count). The zero-order valence-electron chi connectivity index (χ0n) is 19.8. The number of nitrogens with two attached hydrogens (primary N) is 2. The second-order valence-corrected chi connectivity index (χ2v) is 8.62. The summed E-state index contributed by atoms with van der Waals surface area (Å²) in [6, 6.07) is 18.2. The van der Waals surface area contributed by atoms with Gasteiger partial charge in [0.15, 0.2) is 17.8 Å². The zero-order chi connectivity index (χ0) is 25.9. The molecule has 2 aromatic carbocycles. The summed E-state index contributed by atoms with van der Waals surface area (Å²) in [5, 5.41) is 9.03. The number of aromatic hydroxyl groups is 1. The van der Waals surface area contributed by atoms with Crippen LogP contribution in [0.15, 0.2) is 73.1 Å². The van der Waals surface area contributed by atoms with Crippen LogP contribution in [-0.4, -0.2) is 36.8 Å². The fourth-order valence-corrected chi connectivity index (χ4v) is 4.44. The predicted molar refractivity (Wildman–Crippen MR) is 141 cm³/mol. The third kappa shape index (κ3) is 4.62. The van der Waals surface area contributed by atoms with E-state index in [9.17, 15) is 9.59 Å². The second-order valence-electron chi connectivity index (χ2n) is 8.62. The summed E-state index contributed by atoms with van der Waals surface area (Å²) in [7, 11) is 0. The Labute approximate surface area is 212 Å². The van der Waals surface area contributed by atoms with Crippen molar-refractivity contribution in [3.05, 3.63) is 95.3 Å². The van der Waals surface area contributed by atoms with Crippen LogP contribution in [0.2, 0.25) is 0 Å². The monoisotopic (exact) mass is 492 g/mol. The number of aryl methyl sites for hydroxylation is 2. The van der Waals surface area contributed by atoms with E-state index in [1.54, 1.807) is 12.4 Å². The summed E-state index contributed by atoms with van der Waals surface area (Å²) in [4.78, 5) is 34.5. The van der Waals surface area contributed by atoms with Crippen LogP contribution in [-0.2, 0) is 12.8 Å². The molecule has 37 heavy (non-hydrogen) atoms. The zero-order valence-corrected chi connectivity index (χ0v) is 19.8. The van der Waals surface area contributed by atoms with Crippen LogP contribution in [0.1, 0.15) is 38.3 Å². The Morgan fingerprint density at radius 1 is 0.973 bits per heavy atom. The van der Waals surface area contributed by atoms with E-state index in [1.165, 1.54) is 42.2 Å². The van der Waals surface area contributed by atoms with Gasteiger partial charge in [-0.2, -0.15) is 0 Å². The quantitative estimate of drug-likeness (QED) is 0.322. The number of hydrogen-bond donors (Lipinski definition) is 3. The Morgan fingerprint density at radius 2 is 1.76 bits per heavy atom. The summed E-state index contributed by atoms with van der Waals surface area (Å²) < 4.78 is 2.08. The van der Waals surface area contributed by atoms with Gasteiger partial charge < -0.3 is 16.6 Å². The number of hydrogen-bond acceptors (Lipinski definition) is 7. The Hall–Kier alpha value is -5.05. The fraction of sp³-hybridized carbons (Fsp3) is 0.107. The summed E-state index contributed by atoms with van der Waals surface area (Å²) in [6.07, 6.45) is 7.48. The van der Waals surface area contributed by atoms with Crippen molar-refractivity contribution in [3.63, 3.8) is 0 Å². The number of fused-ring (bicyclic) bond motifs is 2. The number of benzene rings is 2. The first-order chi connectivity index (χ1) is 18.0. The van der Waals surface area contributed by atoms with Gasteiger partial charge in [-0.05, 0) is 85.0 Å². The molecule has 5 aromatic rings. The van der Waals surface area contributed by atoms with E-state index in [-0.39, 0.29) is 16.9 Å². The molecule has 5 N–H and O–H groups in total. The highest BCUT2D eigenvalue weighted by molar-refractivity contribution is 5.95. The molecule has 1 aliphatic carbocycles. The van der Waals surface area contributed by atoms with Crippen molar-refractivity contribution < 1.29 is 14.7 Å². The average molecular weight is 493 g/mol. The Bertz CT molecular complexity index is 1640. The molecule has 0 atom stereocenters.